The molecule has 0 aliphatic heterocycles. The molecule has 0 unspecified atom stereocenters. The van der Waals surface area contributed by atoms with Crippen molar-refractivity contribution < 1.29 is 5.11 Å². The van der Waals surface area contributed by atoms with Crippen molar-refractivity contribution in [3.8, 4) is 11.6 Å². The van der Waals surface area contributed by atoms with Crippen molar-refractivity contribution in [2.45, 2.75) is 26.7 Å². The van der Waals surface area contributed by atoms with Gasteiger partial charge in [-0.2, -0.15) is 20.0 Å². The van der Waals surface area contributed by atoms with E-state index < -0.39 is 0 Å². The lowest BCUT2D eigenvalue weighted by Crippen LogP contribution is -1.98. The van der Waals surface area contributed by atoms with Crippen LogP contribution in [0.4, 0.5) is 28.6 Å². The standard InChI is InChI=1S/C26H22ClN9O2/c1-16-23(25(34-38)35(32-16)19-9-5-3-6-10-19)30-29-22-14-13-18(15-21(22)27)28-31-24-17(2)33-36(26(24)37)20-11-7-4-8-12-20/h3,5-7,9-15,37H,4,8H2,1-2H3/b30-29+,31-28+. The molecule has 0 amide bonds. The predicted octanol–water partition coefficient (Wildman–Crippen LogP) is 8.46. The molecular formula is C26H22ClN9O2. The number of para-hydroxylation sites is 1. The molecule has 1 aliphatic carbocycles. The number of aromatic nitrogens is 4. The highest BCUT2D eigenvalue weighted by atomic mass is 35.5. The number of azo groups is 2. The highest BCUT2D eigenvalue weighted by molar-refractivity contribution is 6.33. The number of halogens is 1. The number of benzene rings is 2. The summed E-state index contributed by atoms with van der Waals surface area (Å²) in [5.74, 6) is -0.0548. The van der Waals surface area contributed by atoms with Crippen molar-refractivity contribution in [1.82, 2.24) is 19.6 Å². The third-order valence-electron chi connectivity index (χ3n) is 5.77. The smallest absolute Gasteiger partial charge is 0.243 e. The van der Waals surface area contributed by atoms with Gasteiger partial charge in [0.2, 0.25) is 11.7 Å². The molecule has 11 nitrogen and oxygen atoms in total. The monoisotopic (exact) mass is 527 g/mol. The molecule has 190 valence electrons. The van der Waals surface area contributed by atoms with Crippen molar-refractivity contribution in [1.29, 1.82) is 0 Å². The molecule has 0 fully saturated rings. The molecule has 0 saturated carbocycles. The molecule has 0 bridgehead atoms. The Labute approximate surface area is 222 Å². The topological polar surface area (TPSA) is 135 Å². The summed E-state index contributed by atoms with van der Waals surface area (Å²) in [6.07, 6.45) is 7.78. The number of hydrogen-bond donors (Lipinski definition) is 1. The van der Waals surface area contributed by atoms with Crippen molar-refractivity contribution in [2.75, 3.05) is 0 Å². The van der Waals surface area contributed by atoms with Crippen LogP contribution in [-0.4, -0.2) is 24.7 Å². The minimum absolute atomic E-state index is 0.0363. The molecular weight excluding hydrogens is 506 g/mol. The first-order valence-electron chi connectivity index (χ1n) is 11.7. The fourth-order valence-corrected chi connectivity index (χ4v) is 4.08. The lowest BCUT2D eigenvalue weighted by Gasteiger charge is -2.07. The highest BCUT2D eigenvalue weighted by Crippen LogP contribution is 2.38. The minimum Gasteiger partial charge on any atom is -0.492 e. The Balaban J connectivity index is 1.38. The van der Waals surface area contributed by atoms with E-state index in [2.05, 4.69) is 35.8 Å². The first-order chi connectivity index (χ1) is 18.5. The third-order valence-corrected chi connectivity index (χ3v) is 6.07. The molecule has 1 aliphatic rings. The van der Waals surface area contributed by atoms with Gasteiger partial charge in [-0.3, -0.25) is 0 Å². The molecule has 0 spiro atoms. The summed E-state index contributed by atoms with van der Waals surface area (Å²) in [7, 11) is 0. The molecule has 38 heavy (non-hydrogen) atoms. The lowest BCUT2D eigenvalue weighted by atomic mass is 10.1. The largest absolute Gasteiger partial charge is 0.492 e. The predicted molar refractivity (Wildman–Crippen MR) is 145 cm³/mol. The molecule has 0 saturated heterocycles. The second-order valence-corrected chi connectivity index (χ2v) is 8.82. The van der Waals surface area contributed by atoms with Crippen LogP contribution in [0.25, 0.3) is 11.4 Å². The van der Waals surface area contributed by atoms with Gasteiger partial charge < -0.3 is 5.11 Å². The number of nitroso groups, excluding NO2 is 1. The number of allylic oxidation sites excluding steroid dienone is 4. The Morgan fingerprint density at radius 1 is 0.895 bits per heavy atom. The summed E-state index contributed by atoms with van der Waals surface area (Å²) in [5.41, 5.74) is 3.81. The molecule has 12 heteroatoms. The van der Waals surface area contributed by atoms with Gasteiger partial charge in [0.05, 0.1) is 33.5 Å². The zero-order valence-corrected chi connectivity index (χ0v) is 21.3. The summed E-state index contributed by atoms with van der Waals surface area (Å²) >= 11 is 6.42. The van der Waals surface area contributed by atoms with Crippen molar-refractivity contribution in [3.05, 3.63) is 88.1 Å². The first-order valence-corrected chi connectivity index (χ1v) is 12.1. The minimum atomic E-state index is -0.0911. The zero-order valence-electron chi connectivity index (χ0n) is 20.5. The van der Waals surface area contributed by atoms with Crippen molar-refractivity contribution in [3.63, 3.8) is 0 Å². The average molecular weight is 528 g/mol. The van der Waals surface area contributed by atoms with E-state index in [9.17, 15) is 10.0 Å². The van der Waals surface area contributed by atoms with Crippen molar-refractivity contribution in [2.24, 2.45) is 25.6 Å². The molecule has 5 rings (SSSR count). The highest BCUT2D eigenvalue weighted by Gasteiger charge is 2.18. The fraction of sp³-hybridized carbons (Fsp3) is 0.154. The van der Waals surface area contributed by atoms with Gasteiger partial charge in [-0.25, -0.2) is 4.68 Å². The van der Waals surface area contributed by atoms with Crippen LogP contribution in [0.3, 0.4) is 0 Å². The summed E-state index contributed by atoms with van der Waals surface area (Å²) in [4.78, 5) is 11.6. The number of aromatic hydroxyl groups is 1. The zero-order chi connectivity index (χ0) is 26.6. The fourth-order valence-electron chi connectivity index (χ4n) is 3.87. The molecule has 2 heterocycles. The summed E-state index contributed by atoms with van der Waals surface area (Å²) in [5, 5.41) is 39.6. The normalized spacial score (nSPS) is 13.5. The Kier molecular flexibility index (Phi) is 7.00. The summed E-state index contributed by atoms with van der Waals surface area (Å²) in [6, 6.07) is 14.0. The Hall–Kier alpha value is -4.77. The van der Waals surface area contributed by atoms with Gasteiger partial charge in [0, 0.05) is 0 Å². The second-order valence-electron chi connectivity index (χ2n) is 8.41. The van der Waals surface area contributed by atoms with E-state index in [1.807, 2.05) is 48.6 Å². The first kappa shape index (κ1) is 24.9. The average Bonchev–Trinajstić information content (AvgIpc) is 3.42. The third kappa shape index (κ3) is 4.91. The summed E-state index contributed by atoms with van der Waals surface area (Å²) < 4.78 is 2.86. The number of nitrogens with zero attached hydrogens (tertiary/aromatic N) is 9. The van der Waals surface area contributed by atoms with E-state index >= 15 is 0 Å². The van der Waals surface area contributed by atoms with Gasteiger partial charge in [-0.15, -0.1) is 20.2 Å². The van der Waals surface area contributed by atoms with Gasteiger partial charge in [0.15, 0.2) is 11.4 Å². The molecule has 2 aromatic carbocycles. The second kappa shape index (κ2) is 10.7. The molecule has 4 aromatic rings. The van der Waals surface area contributed by atoms with E-state index in [4.69, 9.17) is 11.6 Å². The number of rotatable bonds is 7. The van der Waals surface area contributed by atoms with Crippen LogP contribution in [0.1, 0.15) is 24.2 Å². The lowest BCUT2D eigenvalue weighted by molar-refractivity contribution is 0.437. The van der Waals surface area contributed by atoms with Crippen molar-refractivity contribution >= 4 is 45.9 Å². The maximum absolute atomic E-state index is 11.6. The quantitative estimate of drug-likeness (QED) is 0.190. The Morgan fingerprint density at radius 3 is 2.34 bits per heavy atom. The van der Waals surface area contributed by atoms with E-state index in [1.165, 1.54) is 9.36 Å². The van der Waals surface area contributed by atoms with Gasteiger partial charge in [0.25, 0.3) is 0 Å². The van der Waals surface area contributed by atoms with Crippen LogP contribution < -0.4 is 0 Å². The maximum atomic E-state index is 11.6. The van der Waals surface area contributed by atoms with Crippen LogP contribution in [0.2, 0.25) is 5.02 Å². The summed E-state index contributed by atoms with van der Waals surface area (Å²) in [6.45, 7) is 3.46. The SMILES string of the molecule is Cc1nn(C2=CCCC=C2)c(O)c1/N=N/c1ccc(/N=N/c2c(C)nn(-c3ccccc3)c2N=O)c(Cl)c1. The molecule has 1 N–H and O–H groups in total. The van der Waals surface area contributed by atoms with E-state index in [1.54, 1.807) is 32.0 Å². The van der Waals surface area contributed by atoms with E-state index in [-0.39, 0.29) is 28.1 Å². The van der Waals surface area contributed by atoms with Crippen LogP contribution in [-0.2, 0) is 0 Å². The Morgan fingerprint density at radius 2 is 1.63 bits per heavy atom. The van der Waals surface area contributed by atoms with Gasteiger partial charge >= 0.3 is 0 Å². The van der Waals surface area contributed by atoms with Gasteiger partial charge in [0.1, 0.15) is 5.69 Å². The molecule has 0 atom stereocenters. The number of hydrogen-bond acceptors (Lipinski definition) is 9. The van der Waals surface area contributed by atoms with Crippen LogP contribution in [0.5, 0.6) is 5.88 Å². The van der Waals surface area contributed by atoms with E-state index in [0.29, 0.717) is 28.5 Å². The van der Waals surface area contributed by atoms with Crippen LogP contribution in [0.15, 0.2) is 92.4 Å². The van der Waals surface area contributed by atoms with Crippen LogP contribution >= 0.6 is 11.6 Å². The van der Waals surface area contributed by atoms with Gasteiger partial charge in [-0.05, 0) is 68.3 Å². The van der Waals surface area contributed by atoms with Gasteiger partial charge in [-0.1, -0.05) is 42.0 Å². The van der Waals surface area contributed by atoms with Crippen LogP contribution in [0, 0.1) is 18.8 Å². The number of aryl methyl sites for hydroxylation is 2. The maximum Gasteiger partial charge on any atom is 0.243 e. The molecule has 2 aromatic heterocycles. The molecule has 0 radical (unpaired) electrons. The Bertz CT molecular complexity index is 1630. The van der Waals surface area contributed by atoms with E-state index in [0.717, 1.165) is 18.5 Å².